The van der Waals surface area contributed by atoms with Crippen molar-refractivity contribution in [2.75, 3.05) is 34.4 Å². The lowest BCUT2D eigenvalue weighted by atomic mass is 10.1. The van der Waals surface area contributed by atoms with Gasteiger partial charge < -0.3 is 20.1 Å². The van der Waals surface area contributed by atoms with E-state index >= 15 is 0 Å². The average Bonchev–Trinajstić information content (AvgIpc) is 2.37. The van der Waals surface area contributed by atoms with Crippen LogP contribution < -0.4 is 20.1 Å². The third-order valence-electron chi connectivity index (χ3n) is 2.31. The Kier molecular flexibility index (Phi) is 5.29. The molecule has 0 unspecified atom stereocenters. The van der Waals surface area contributed by atoms with Crippen molar-refractivity contribution in [3.05, 3.63) is 23.8 Å². The molecule has 0 aliphatic rings. The molecule has 0 aromatic heterocycles. The number of nitrogens with one attached hydrogen (secondary N) is 2. The first-order chi connectivity index (χ1) is 8.24. The van der Waals surface area contributed by atoms with Crippen LogP contribution in [0, 0.1) is 0 Å². The van der Waals surface area contributed by atoms with Crippen LogP contribution in [-0.4, -0.2) is 40.3 Å². The van der Waals surface area contributed by atoms with Gasteiger partial charge in [0.05, 0.1) is 19.8 Å². The predicted octanol–water partition coefficient (Wildman–Crippen LogP) is 0.653. The molecule has 2 N–H and O–H groups in total. The molecule has 0 saturated heterocycles. The van der Waals surface area contributed by atoms with E-state index in [0.717, 1.165) is 6.54 Å². The molecular weight excluding hydrogens is 220 g/mol. The lowest BCUT2D eigenvalue weighted by molar-refractivity contribution is 0.0950. The third kappa shape index (κ3) is 3.35. The van der Waals surface area contributed by atoms with Gasteiger partial charge in [-0.05, 0) is 19.2 Å². The quantitative estimate of drug-likeness (QED) is 0.715. The molecule has 1 amide bonds. The molecule has 0 spiro atoms. The first-order valence-corrected chi connectivity index (χ1v) is 5.38. The topological polar surface area (TPSA) is 59.6 Å². The zero-order chi connectivity index (χ0) is 12.7. The van der Waals surface area contributed by atoms with Gasteiger partial charge in [-0.1, -0.05) is 6.07 Å². The monoisotopic (exact) mass is 238 g/mol. The lowest BCUT2D eigenvalue weighted by Gasteiger charge is -2.12. The third-order valence-corrected chi connectivity index (χ3v) is 2.31. The maximum atomic E-state index is 11.9. The highest BCUT2D eigenvalue weighted by atomic mass is 16.5. The first-order valence-electron chi connectivity index (χ1n) is 5.38. The van der Waals surface area contributed by atoms with Gasteiger partial charge in [-0.15, -0.1) is 0 Å². The van der Waals surface area contributed by atoms with Crippen LogP contribution in [0.25, 0.3) is 0 Å². The molecule has 0 fully saturated rings. The minimum atomic E-state index is -0.170. The molecule has 0 radical (unpaired) electrons. The summed E-state index contributed by atoms with van der Waals surface area (Å²) in [6.07, 6.45) is 0. The van der Waals surface area contributed by atoms with E-state index < -0.39 is 0 Å². The minimum Gasteiger partial charge on any atom is -0.493 e. The van der Waals surface area contributed by atoms with Crippen LogP contribution in [0.1, 0.15) is 10.4 Å². The normalized spacial score (nSPS) is 9.82. The van der Waals surface area contributed by atoms with Crippen LogP contribution in [0.4, 0.5) is 0 Å². The molecular formula is C12H18N2O3. The Labute approximate surface area is 101 Å². The van der Waals surface area contributed by atoms with Crippen LogP contribution in [0.2, 0.25) is 0 Å². The maximum absolute atomic E-state index is 11.9. The van der Waals surface area contributed by atoms with Crippen LogP contribution in [0.3, 0.4) is 0 Å². The Morgan fingerprint density at radius 3 is 2.59 bits per heavy atom. The van der Waals surface area contributed by atoms with Gasteiger partial charge in [0.15, 0.2) is 11.5 Å². The summed E-state index contributed by atoms with van der Waals surface area (Å²) in [5.74, 6) is 0.835. The SMILES string of the molecule is CNCCNC(=O)c1cccc(OC)c1OC. The first kappa shape index (κ1) is 13.3. The van der Waals surface area contributed by atoms with Gasteiger partial charge in [-0.2, -0.15) is 0 Å². The molecule has 0 saturated carbocycles. The van der Waals surface area contributed by atoms with Crippen LogP contribution in [0.15, 0.2) is 18.2 Å². The van der Waals surface area contributed by atoms with Crippen molar-refractivity contribution in [2.24, 2.45) is 0 Å². The van der Waals surface area contributed by atoms with Gasteiger partial charge in [0.25, 0.3) is 5.91 Å². The van der Waals surface area contributed by atoms with E-state index in [1.165, 1.54) is 7.11 Å². The van der Waals surface area contributed by atoms with Crippen LogP contribution in [-0.2, 0) is 0 Å². The fraction of sp³-hybridized carbons (Fsp3) is 0.417. The summed E-state index contributed by atoms with van der Waals surface area (Å²) >= 11 is 0. The van der Waals surface area contributed by atoms with Crippen molar-refractivity contribution >= 4 is 5.91 Å². The zero-order valence-corrected chi connectivity index (χ0v) is 10.4. The molecule has 1 aromatic carbocycles. The number of hydrogen-bond donors (Lipinski definition) is 2. The summed E-state index contributed by atoms with van der Waals surface area (Å²) in [5.41, 5.74) is 0.475. The van der Waals surface area contributed by atoms with E-state index in [-0.39, 0.29) is 5.91 Å². The number of likely N-dealkylation sites (N-methyl/N-ethyl adjacent to an activating group) is 1. The van der Waals surface area contributed by atoms with Crippen molar-refractivity contribution < 1.29 is 14.3 Å². The Balaban J connectivity index is 2.85. The van der Waals surface area contributed by atoms with Crippen LogP contribution in [0.5, 0.6) is 11.5 Å². The summed E-state index contributed by atoms with van der Waals surface area (Å²) in [5, 5.41) is 5.74. The molecule has 0 heterocycles. The average molecular weight is 238 g/mol. The summed E-state index contributed by atoms with van der Waals surface area (Å²) in [6, 6.07) is 5.22. The molecule has 5 nitrogen and oxygen atoms in total. The van der Waals surface area contributed by atoms with Crippen molar-refractivity contribution in [3.63, 3.8) is 0 Å². The van der Waals surface area contributed by atoms with Gasteiger partial charge in [-0.3, -0.25) is 4.79 Å². The largest absolute Gasteiger partial charge is 0.493 e. The van der Waals surface area contributed by atoms with E-state index in [4.69, 9.17) is 9.47 Å². The van der Waals surface area contributed by atoms with Crippen molar-refractivity contribution in [2.45, 2.75) is 0 Å². The van der Waals surface area contributed by atoms with Gasteiger partial charge >= 0.3 is 0 Å². The summed E-state index contributed by atoms with van der Waals surface area (Å²) in [4.78, 5) is 11.9. The second-order valence-electron chi connectivity index (χ2n) is 3.40. The van der Waals surface area contributed by atoms with E-state index in [2.05, 4.69) is 10.6 Å². The number of benzene rings is 1. The molecule has 1 aromatic rings. The standard InChI is InChI=1S/C12H18N2O3/c1-13-7-8-14-12(15)9-5-4-6-10(16-2)11(9)17-3/h4-6,13H,7-8H2,1-3H3,(H,14,15). The van der Waals surface area contributed by atoms with Gasteiger partial charge in [-0.25, -0.2) is 0 Å². The molecule has 5 heteroatoms. The molecule has 0 atom stereocenters. The molecule has 0 aliphatic heterocycles. The Morgan fingerprint density at radius 2 is 2.00 bits per heavy atom. The van der Waals surface area contributed by atoms with Crippen molar-refractivity contribution in [1.82, 2.24) is 10.6 Å². The van der Waals surface area contributed by atoms with E-state index in [0.29, 0.717) is 23.6 Å². The Hall–Kier alpha value is -1.75. The smallest absolute Gasteiger partial charge is 0.255 e. The van der Waals surface area contributed by atoms with Gasteiger partial charge in [0, 0.05) is 13.1 Å². The highest BCUT2D eigenvalue weighted by Gasteiger charge is 2.15. The summed E-state index contributed by atoms with van der Waals surface area (Å²) < 4.78 is 10.3. The van der Waals surface area contributed by atoms with E-state index in [1.54, 1.807) is 25.3 Å². The number of carbonyl (C=O) groups excluding carboxylic acids is 1. The van der Waals surface area contributed by atoms with Crippen LogP contribution >= 0.6 is 0 Å². The fourth-order valence-corrected chi connectivity index (χ4v) is 1.46. The number of ether oxygens (including phenoxy) is 2. The Morgan fingerprint density at radius 1 is 1.24 bits per heavy atom. The second kappa shape index (κ2) is 6.75. The molecule has 94 valence electrons. The zero-order valence-electron chi connectivity index (χ0n) is 10.4. The highest BCUT2D eigenvalue weighted by molar-refractivity contribution is 5.97. The van der Waals surface area contributed by atoms with E-state index in [1.807, 2.05) is 7.05 Å². The fourth-order valence-electron chi connectivity index (χ4n) is 1.46. The number of methoxy groups -OCH3 is 2. The molecule has 1 rings (SSSR count). The second-order valence-corrected chi connectivity index (χ2v) is 3.40. The van der Waals surface area contributed by atoms with Gasteiger partial charge in [0.1, 0.15) is 0 Å². The number of carbonyl (C=O) groups is 1. The molecule has 17 heavy (non-hydrogen) atoms. The number of rotatable bonds is 6. The van der Waals surface area contributed by atoms with E-state index in [9.17, 15) is 4.79 Å². The summed E-state index contributed by atoms with van der Waals surface area (Å²) in [7, 11) is 4.89. The number of hydrogen-bond acceptors (Lipinski definition) is 4. The minimum absolute atomic E-state index is 0.170. The number of para-hydroxylation sites is 1. The van der Waals surface area contributed by atoms with Crippen molar-refractivity contribution in [3.8, 4) is 11.5 Å². The summed E-state index contributed by atoms with van der Waals surface area (Å²) in [6.45, 7) is 1.29. The molecule has 0 bridgehead atoms. The van der Waals surface area contributed by atoms with Gasteiger partial charge in [0.2, 0.25) is 0 Å². The highest BCUT2D eigenvalue weighted by Crippen LogP contribution is 2.30. The lowest BCUT2D eigenvalue weighted by Crippen LogP contribution is -2.30. The predicted molar refractivity (Wildman–Crippen MR) is 65.8 cm³/mol. The Bertz CT molecular complexity index is 380. The van der Waals surface area contributed by atoms with Crippen molar-refractivity contribution in [1.29, 1.82) is 0 Å². The molecule has 0 aliphatic carbocycles. The maximum Gasteiger partial charge on any atom is 0.255 e. The number of amides is 1.